The van der Waals surface area contributed by atoms with E-state index in [0.29, 0.717) is 6.04 Å². The van der Waals surface area contributed by atoms with Crippen LogP contribution in [0.25, 0.3) is 0 Å². The number of nitrogens with one attached hydrogen (secondary N) is 2. The summed E-state index contributed by atoms with van der Waals surface area (Å²) >= 11 is 0. The second-order valence-electron chi connectivity index (χ2n) is 2.11. The quantitative estimate of drug-likeness (QED) is 0.426. The predicted molar refractivity (Wildman–Crippen MR) is 33.5 cm³/mol. The van der Waals surface area contributed by atoms with Gasteiger partial charge in [0.25, 0.3) is 0 Å². The second kappa shape index (κ2) is 3.02. The van der Waals surface area contributed by atoms with Crippen LogP contribution < -0.4 is 16.4 Å². The first-order valence-corrected chi connectivity index (χ1v) is 3.07. The van der Waals surface area contributed by atoms with Crippen LogP contribution in [0, 0.1) is 0 Å². The summed E-state index contributed by atoms with van der Waals surface area (Å²) in [4.78, 5) is 0. The zero-order chi connectivity index (χ0) is 5.82. The van der Waals surface area contributed by atoms with E-state index >= 15 is 0 Å². The maximum atomic E-state index is 5.34. The summed E-state index contributed by atoms with van der Waals surface area (Å²) in [5, 5.41) is 6.46. The zero-order valence-electron chi connectivity index (χ0n) is 4.98. The van der Waals surface area contributed by atoms with E-state index in [1.807, 2.05) is 0 Å². The Hall–Kier alpha value is -0.120. The fourth-order valence-electron chi connectivity index (χ4n) is 0.940. The maximum absolute atomic E-state index is 5.34. The lowest BCUT2D eigenvalue weighted by Crippen LogP contribution is -2.26. The van der Waals surface area contributed by atoms with Gasteiger partial charge >= 0.3 is 0 Å². The molecule has 4 N–H and O–H groups in total. The third-order valence-electron chi connectivity index (χ3n) is 1.42. The van der Waals surface area contributed by atoms with Gasteiger partial charge in [-0.1, -0.05) is 0 Å². The number of nitrogens with two attached hydrogens (primary N) is 1. The van der Waals surface area contributed by atoms with Gasteiger partial charge in [0, 0.05) is 19.3 Å². The molecule has 1 unspecified atom stereocenters. The van der Waals surface area contributed by atoms with Gasteiger partial charge in [-0.25, -0.2) is 0 Å². The molecule has 0 amide bonds. The lowest BCUT2D eigenvalue weighted by molar-refractivity contribution is 0.590. The molecule has 1 fully saturated rings. The SMILES string of the molecule is NCCC1CNCN1. The fraction of sp³-hybridized carbons (Fsp3) is 1.00. The molecule has 0 spiro atoms. The highest BCUT2D eigenvalue weighted by molar-refractivity contribution is 4.74. The molecule has 8 heavy (non-hydrogen) atoms. The van der Waals surface area contributed by atoms with E-state index in [0.717, 1.165) is 26.2 Å². The molecule has 0 aromatic carbocycles. The van der Waals surface area contributed by atoms with E-state index in [1.54, 1.807) is 0 Å². The summed E-state index contributed by atoms with van der Waals surface area (Å²) in [6, 6.07) is 0.625. The Labute approximate surface area is 49.6 Å². The van der Waals surface area contributed by atoms with Gasteiger partial charge in [-0.15, -0.1) is 0 Å². The highest BCUT2D eigenvalue weighted by Gasteiger charge is 2.10. The van der Waals surface area contributed by atoms with Gasteiger partial charge in [0.2, 0.25) is 0 Å². The molecule has 1 aliphatic rings. The van der Waals surface area contributed by atoms with Crippen molar-refractivity contribution in [2.75, 3.05) is 19.8 Å². The normalized spacial score (nSPS) is 28.9. The minimum absolute atomic E-state index is 0.625. The van der Waals surface area contributed by atoms with Gasteiger partial charge in [0.05, 0.1) is 0 Å². The summed E-state index contributed by atoms with van der Waals surface area (Å²) in [6.07, 6.45) is 1.09. The van der Waals surface area contributed by atoms with Crippen LogP contribution in [0.2, 0.25) is 0 Å². The Morgan fingerprint density at radius 2 is 2.50 bits per heavy atom. The van der Waals surface area contributed by atoms with Gasteiger partial charge in [0.15, 0.2) is 0 Å². The molecule has 0 radical (unpaired) electrons. The second-order valence-corrected chi connectivity index (χ2v) is 2.11. The standard InChI is InChI=1S/C5H13N3/c6-2-1-5-3-7-4-8-5/h5,7-8H,1-4,6H2. The Kier molecular flexibility index (Phi) is 2.27. The van der Waals surface area contributed by atoms with Crippen molar-refractivity contribution in [3.63, 3.8) is 0 Å². The van der Waals surface area contributed by atoms with Gasteiger partial charge in [-0.3, -0.25) is 0 Å². The molecule has 1 saturated heterocycles. The van der Waals surface area contributed by atoms with Crippen molar-refractivity contribution in [2.45, 2.75) is 12.5 Å². The highest BCUT2D eigenvalue weighted by Crippen LogP contribution is 1.90. The lowest BCUT2D eigenvalue weighted by Gasteiger charge is -2.04. The van der Waals surface area contributed by atoms with Crippen molar-refractivity contribution in [2.24, 2.45) is 5.73 Å². The molecule has 0 aromatic heterocycles. The van der Waals surface area contributed by atoms with E-state index in [9.17, 15) is 0 Å². The monoisotopic (exact) mass is 115 g/mol. The van der Waals surface area contributed by atoms with Gasteiger partial charge in [0.1, 0.15) is 0 Å². The molecule has 1 atom stereocenters. The zero-order valence-corrected chi connectivity index (χ0v) is 4.98. The number of rotatable bonds is 2. The smallest absolute Gasteiger partial charge is 0.0457 e. The highest BCUT2D eigenvalue weighted by atomic mass is 15.2. The maximum Gasteiger partial charge on any atom is 0.0457 e. The van der Waals surface area contributed by atoms with Crippen LogP contribution in [0.1, 0.15) is 6.42 Å². The molecule has 0 saturated carbocycles. The van der Waals surface area contributed by atoms with Gasteiger partial charge in [-0.2, -0.15) is 0 Å². The molecule has 48 valence electrons. The van der Waals surface area contributed by atoms with Crippen LogP contribution in [0.3, 0.4) is 0 Å². The first-order valence-electron chi connectivity index (χ1n) is 3.07. The van der Waals surface area contributed by atoms with E-state index in [1.165, 1.54) is 0 Å². The van der Waals surface area contributed by atoms with E-state index < -0.39 is 0 Å². The molecule has 0 aromatic rings. The van der Waals surface area contributed by atoms with Crippen LogP contribution in [0.5, 0.6) is 0 Å². The molecule has 0 aliphatic carbocycles. The Bertz CT molecular complexity index is 58.7. The fourth-order valence-corrected chi connectivity index (χ4v) is 0.940. The summed E-state index contributed by atoms with van der Waals surface area (Å²) in [5.41, 5.74) is 5.34. The Morgan fingerprint density at radius 1 is 1.62 bits per heavy atom. The van der Waals surface area contributed by atoms with Gasteiger partial charge in [-0.05, 0) is 13.0 Å². The molecule has 1 rings (SSSR count). The van der Waals surface area contributed by atoms with Crippen molar-refractivity contribution in [1.29, 1.82) is 0 Å². The van der Waals surface area contributed by atoms with Crippen LogP contribution in [0.15, 0.2) is 0 Å². The van der Waals surface area contributed by atoms with Crippen molar-refractivity contribution in [3.05, 3.63) is 0 Å². The average Bonchev–Trinajstić information content (AvgIpc) is 2.19. The van der Waals surface area contributed by atoms with Crippen molar-refractivity contribution in [1.82, 2.24) is 10.6 Å². The summed E-state index contributed by atoms with van der Waals surface area (Å²) in [5.74, 6) is 0. The number of hydrogen-bond donors (Lipinski definition) is 3. The third-order valence-corrected chi connectivity index (χ3v) is 1.42. The van der Waals surface area contributed by atoms with Crippen LogP contribution in [-0.4, -0.2) is 25.8 Å². The van der Waals surface area contributed by atoms with Crippen LogP contribution in [-0.2, 0) is 0 Å². The summed E-state index contributed by atoms with van der Waals surface area (Å²) < 4.78 is 0. The minimum atomic E-state index is 0.625. The molecule has 3 nitrogen and oxygen atoms in total. The summed E-state index contributed by atoms with van der Waals surface area (Å²) in [6.45, 7) is 2.82. The van der Waals surface area contributed by atoms with Crippen LogP contribution >= 0.6 is 0 Å². The Morgan fingerprint density at radius 3 is 3.00 bits per heavy atom. The molecule has 0 bridgehead atoms. The molecular weight excluding hydrogens is 102 g/mol. The van der Waals surface area contributed by atoms with Crippen LogP contribution in [0.4, 0.5) is 0 Å². The number of hydrogen-bond acceptors (Lipinski definition) is 3. The predicted octanol–water partition coefficient (Wildman–Crippen LogP) is -1.15. The van der Waals surface area contributed by atoms with Crippen molar-refractivity contribution in [3.8, 4) is 0 Å². The van der Waals surface area contributed by atoms with E-state index in [-0.39, 0.29) is 0 Å². The van der Waals surface area contributed by atoms with Gasteiger partial charge < -0.3 is 16.4 Å². The molecule has 1 heterocycles. The first-order chi connectivity index (χ1) is 3.93. The Balaban J connectivity index is 2.06. The molecule has 3 heteroatoms. The minimum Gasteiger partial charge on any atom is -0.330 e. The van der Waals surface area contributed by atoms with Crippen molar-refractivity contribution < 1.29 is 0 Å². The average molecular weight is 115 g/mol. The largest absolute Gasteiger partial charge is 0.330 e. The lowest BCUT2D eigenvalue weighted by atomic mass is 10.2. The molecular formula is C5H13N3. The van der Waals surface area contributed by atoms with E-state index in [2.05, 4.69) is 10.6 Å². The third kappa shape index (κ3) is 1.43. The van der Waals surface area contributed by atoms with E-state index in [4.69, 9.17) is 5.73 Å². The van der Waals surface area contributed by atoms with Crippen molar-refractivity contribution >= 4 is 0 Å². The topological polar surface area (TPSA) is 50.1 Å². The molecule has 1 aliphatic heterocycles. The first kappa shape index (κ1) is 6.01. The summed E-state index contributed by atoms with van der Waals surface area (Å²) in [7, 11) is 0.